The predicted molar refractivity (Wildman–Crippen MR) is 61.1 cm³/mol. The van der Waals surface area contributed by atoms with Crippen LogP contribution >= 0.6 is 23.2 Å². The van der Waals surface area contributed by atoms with Crippen molar-refractivity contribution in [3.8, 4) is 5.75 Å². The lowest BCUT2D eigenvalue weighted by atomic mass is 10.3. The zero-order valence-electron chi connectivity index (χ0n) is 8.20. The van der Waals surface area contributed by atoms with E-state index < -0.39 is 15.4 Å². The fraction of sp³-hybridized carbons (Fsp3) is 0.333. The number of halogens is 2. The van der Waals surface area contributed by atoms with Crippen molar-refractivity contribution in [3.63, 3.8) is 0 Å². The summed E-state index contributed by atoms with van der Waals surface area (Å²) in [4.78, 5) is 0. The van der Waals surface area contributed by atoms with E-state index in [9.17, 15) is 8.42 Å². The van der Waals surface area contributed by atoms with Gasteiger partial charge in [0.05, 0.1) is 10.3 Å². The Balaban J connectivity index is 3.01. The van der Waals surface area contributed by atoms with Gasteiger partial charge in [0.1, 0.15) is 0 Å². The van der Waals surface area contributed by atoms with Crippen molar-refractivity contribution in [1.29, 1.82) is 0 Å². The summed E-state index contributed by atoms with van der Waals surface area (Å²) >= 11 is 11.4. The largest absolute Gasteiger partial charge is 0.381 e. The first-order valence-electron chi connectivity index (χ1n) is 4.21. The molecule has 0 fully saturated rings. The Morgan fingerprint density at radius 1 is 1.27 bits per heavy atom. The van der Waals surface area contributed by atoms with Gasteiger partial charge in [-0.1, -0.05) is 23.2 Å². The van der Waals surface area contributed by atoms with Gasteiger partial charge in [-0.15, -0.1) is 0 Å². The summed E-state index contributed by atoms with van der Waals surface area (Å²) in [6.07, 6.45) is 0. The third-order valence-corrected chi connectivity index (χ3v) is 3.77. The van der Waals surface area contributed by atoms with Crippen molar-refractivity contribution in [3.05, 3.63) is 28.2 Å². The number of benzene rings is 1. The van der Waals surface area contributed by atoms with E-state index in [2.05, 4.69) is 0 Å². The Morgan fingerprint density at radius 2 is 1.87 bits per heavy atom. The Hall–Kier alpha value is -0.450. The molecule has 0 atom stereocenters. The Morgan fingerprint density at radius 3 is 2.33 bits per heavy atom. The third-order valence-electron chi connectivity index (χ3n) is 1.68. The molecule has 0 spiro atoms. The lowest BCUT2D eigenvalue weighted by molar-refractivity contribution is 0.477. The van der Waals surface area contributed by atoms with Gasteiger partial charge < -0.3 is 4.18 Å². The molecule has 15 heavy (non-hydrogen) atoms. The smallest absolute Gasteiger partial charge is 0.311 e. The maximum atomic E-state index is 11.4. The van der Waals surface area contributed by atoms with Crippen LogP contribution in [0.1, 0.15) is 13.8 Å². The van der Waals surface area contributed by atoms with Crippen molar-refractivity contribution in [2.24, 2.45) is 0 Å². The molecule has 0 saturated carbocycles. The molecule has 0 N–H and O–H groups in total. The lowest BCUT2D eigenvalue weighted by Gasteiger charge is -2.10. The second-order valence-electron chi connectivity index (χ2n) is 3.20. The first-order valence-corrected chi connectivity index (χ1v) is 6.44. The maximum absolute atomic E-state index is 11.4. The van der Waals surface area contributed by atoms with Crippen LogP contribution in [0.4, 0.5) is 0 Å². The van der Waals surface area contributed by atoms with Gasteiger partial charge in [0.15, 0.2) is 5.75 Å². The van der Waals surface area contributed by atoms with Crippen LogP contribution in [0, 0.1) is 0 Å². The summed E-state index contributed by atoms with van der Waals surface area (Å²) in [5, 5.41) is -0.0229. The molecule has 0 aliphatic heterocycles. The monoisotopic (exact) mass is 268 g/mol. The molecule has 0 aliphatic rings. The van der Waals surface area contributed by atoms with Crippen molar-refractivity contribution in [1.82, 2.24) is 0 Å². The van der Waals surface area contributed by atoms with Gasteiger partial charge in [-0.3, -0.25) is 0 Å². The highest BCUT2D eigenvalue weighted by Crippen LogP contribution is 2.29. The van der Waals surface area contributed by atoms with E-state index in [0.717, 1.165) is 0 Å². The van der Waals surface area contributed by atoms with E-state index in [1.807, 2.05) is 0 Å². The van der Waals surface area contributed by atoms with Crippen LogP contribution in [-0.2, 0) is 10.1 Å². The molecule has 0 bridgehead atoms. The fourth-order valence-corrected chi connectivity index (χ4v) is 1.85. The normalized spacial score (nSPS) is 11.8. The average Bonchev–Trinajstić information content (AvgIpc) is 2.09. The molecule has 0 unspecified atom stereocenters. The van der Waals surface area contributed by atoms with Crippen LogP contribution in [0.15, 0.2) is 18.2 Å². The minimum Gasteiger partial charge on any atom is -0.381 e. The molecule has 1 aromatic rings. The van der Waals surface area contributed by atoms with Gasteiger partial charge in [0.25, 0.3) is 0 Å². The molecule has 0 heterocycles. The van der Waals surface area contributed by atoms with Gasteiger partial charge >= 0.3 is 10.1 Å². The predicted octanol–water partition coefficient (Wildman–Crippen LogP) is 3.11. The molecule has 0 saturated heterocycles. The first-order chi connectivity index (χ1) is 6.83. The van der Waals surface area contributed by atoms with Gasteiger partial charge in [-0.2, -0.15) is 8.42 Å². The minimum atomic E-state index is -3.61. The molecule has 0 aromatic heterocycles. The van der Waals surface area contributed by atoms with Gasteiger partial charge in [0.2, 0.25) is 0 Å². The fourth-order valence-electron chi connectivity index (χ4n) is 0.764. The van der Waals surface area contributed by atoms with Crippen molar-refractivity contribution < 1.29 is 12.6 Å². The summed E-state index contributed by atoms with van der Waals surface area (Å²) in [6, 6.07) is 4.36. The quantitative estimate of drug-likeness (QED) is 0.792. The van der Waals surface area contributed by atoms with Gasteiger partial charge in [-0.25, -0.2) is 0 Å². The summed E-state index contributed by atoms with van der Waals surface area (Å²) < 4.78 is 27.7. The summed E-state index contributed by atoms with van der Waals surface area (Å²) in [6.45, 7) is 3.05. The Kier molecular flexibility index (Phi) is 3.87. The second kappa shape index (κ2) is 4.60. The molecule has 0 amide bonds. The molecule has 6 heteroatoms. The zero-order valence-corrected chi connectivity index (χ0v) is 10.5. The molecule has 3 nitrogen and oxygen atoms in total. The van der Waals surface area contributed by atoms with E-state index in [1.54, 1.807) is 0 Å². The van der Waals surface area contributed by atoms with E-state index in [1.165, 1.54) is 32.0 Å². The molecular weight excluding hydrogens is 259 g/mol. The number of rotatable bonds is 3. The van der Waals surface area contributed by atoms with E-state index >= 15 is 0 Å². The summed E-state index contributed by atoms with van der Waals surface area (Å²) in [5.41, 5.74) is 0. The van der Waals surface area contributed by atoms with E-state index in [4.69, 9.17) is 27.4 Å². The van der Waals surface area contributed by atoms with Crippen molar-refractivity contribution in [2.45, 2.75) is 19.1 Å². The van der Waals surface area contributed by atoms with E-state index in [-0.39, 0.29) is 10.8 Å². The minimum absolute atomic E-state index is 0.0924. The second-order valence-corrected chi connectivity index (χ2v) is 6.14. The summed E-state index contributed by atoms with van der Waals surface area (Å²) in [5.74, 6) is 0.0924. The standard InChI is InChI=1S/C9H10Cl2O3S/c1-6(2)15(12,13)14-9-4-3-7(10)5-8(9)11/h3-6H,1-2H3. The van der Waals surface area contributed by atoms with Crippen LogP contribution in [0.5, 0.6) is 5.75 Å². The highest BCUT2D eigenvalue weighted by molar-refractivity contribution is 7.87. The van der Waals surface area contributed by atoms with Crippen LogP contribution in [0.25, 0.3) is 0 Å². The Bertz CT molecular complexity index is 454. The van der Waals surface area contributed by atoms with Crippen molar-refractivity contribution >= 4 is 33.3 Å². The Labute approximate surface area is 99.1 Å². The average molecular weight is 269 g/mol. The molecular formula is C9H10Cl2O3S. The molecule has 1 aromatic carbocycles. The molecule has 1 rings (SSSR count). The van der Waals surface area contributed by atoms with Crippen LogP contribution in [0.2, 0.25) is 10.0 Å². The summed E-state index contributed by atoms with van der Waals surface area (Å²) in [7, 11) is -3.61. The number of hydrogen-bond donors (Lipinski definition) is 0. The van der Waals surface area contributed by atoms with Crippen LogP contribution in [0.3, 0.4) is 0 Å². The topological polar surface area (TPSA) is 43.4 Å². The maximum Gasteiger partial charge on any atom is 0.311 e. The number of hydrogen-bond acceptors (Lipinski definition) is 3. The molecule has 0 radical (unpaired) electrons. The lowest BCUT2D eigenvalue weighted by Crippen LogP contribution is -2.20. The van der Waals surface area contributed by atoms with Crippen molar-refractivity contribution in [2.75, 3.05) is 0 Å². The van der Waals surface area contributed by atoms with Crippen LogP contribution < -0.4 is 4.18 Å². The molecule has 0 aliphatic carbocycles. The zero-order chi connectivity index (χ0) is 11.6. The highest BCUT2D eigenvalue weighted by atomic mass is 35.5. The van der Waals surface area contributed by atoms with Crippen LogP contribution in [-0.4, -0.2) is 13.7 Å². The third kappa shape index (κ3) is 3.26. The van der Waals surface area contributed by atoms with E-state index in [0.29, 0.717) is 5.02 Å². The molecule has 84 valence electrons. The first kappa shape index (κ1) is 12.6. The highest BCUT2D eigenvalue weighted by Gasteiger charge is 2.19. The van der Waals surface area contributed by atoms with Gasteiger partial charge in [-0.05, 0) is 32.0 Å². The SMILES string of the molecule is CC(C)S(=O)(=O)Oc1ccc(Cl)cc1Cl. The van der Waals surface area contributed by atoms with Gasteiger partial charge in [0, 0.05) is 5.02 Å².